The Morgan fingerprint density at radius 3 is 2.17 bits per heavy atom. The average molecular weight is 477 g/mol. The number of hydrogen-bond acceptors (Lipinski definition) is 5. The van der Waals surface area contributed by atoms with Crippen molar-refractivity contribution in [2.24, 2.45) is 12.5 Å². The van der Waals surface area contributed by atoms with Gasteiger partial charge in [0, 0.05) is 19.0 Å². The number of carboxylic acid groups (broad SMARTS) is 1. The quantitative estimate of drug-likeness (QED) is 0.494. The Morgan fingerprint density at radius 1 is 1.06 bits per heavy atom. The summed E-state index contributed by atoms with van der Waals surface area (Å²) < 4.78 is 6.79. The van der Waals surface area contributed by atoms with Crippen molar-refractivity contribution in [3.63, 3.8) is 0 Å². The molecule has 1 aliphatic carbocycles. The Bertz CT molecular complexity index is 1250. The summed E-state index contributed by atoms with van der Waals surface area (Å²) in [6.07, 6.45) is -0.699. The van der Waals surface area contributed by atoms with Crippen LogP contribution in [-0.4, -0.2) is 45.5 Å². The number of hydrogen-bond donors (Lipinski definition) is 3. The molecule has 3 aromatic rings. The van der Waals surface area contributed by atoms with E-state index in [0.717, 1.165) is 22.3 Å². The van der Waals surface area contributed by atoms with Crippen LogP contribution in [0.2, 0.25) is 0 Å². The number of ether oxygens (including phenoxy) is 1. The Labute approximate surface area is 203 Å². The number of amides is 2. The molecule has 0 bridgehead atoms. The SMILES string of the molecule is Cn1nc(NC(=O)OCC2c3ccccc3-c3ccccc32)cc1C(=O)N[C@H](C(=O)O)C(C)(C)C. The Balaban J connectivity index is 1.42. The molecular weight excluding hydrogens is 448 g/mol. The smallest absolute Gasteiger partial charge is 0.412 e. The first-order valence-corrected chi connectivity index (χ1v) is 11.3. The lowest BCUT2D eigenvalue weighted by molar-refractivity contribution is -0.142. The summed E-state index contributed by atoms with van der Waals surface area (Å²) in [5.74, 6) is -1.70. The summed E-state index contributed by atoms with van der Waals surface area (Å²) in [4.78, 5) is 36.8. The van der Waals surface area contributed by atoms with Crippen molar-refractivity contribution in [2.45, 2.75) is 32.7 Å². The molecule has 2 amide bonds. The predicted molar refractivity (Wildman–Crippen MR) is 130 cm³/mol. The van der Waals surface area contributed by atoms with E-state index in [-0.39, 0.29) is 24.0 Å². The monoisotopic (exact) mass is 476 g/mol. The summed E-state index contributed by atoms with van der Waals surface area (Å²) in [6.45, 7) is 5.31. The van der Waals surface area contributed by atoms with Crippen LogP contribution in [-0.2, 0) is 16.6 Å². The number of carbonyl (C=O) groups is 3. The highest BCUT2D eigenvalue weighted by Gasteiger charge is 2.34. The molecule has 9 nitrogen and oxygen atoms in total. The molecule has 4 rings (SSSR count). The average Bonchev–Trinajstić information content (AvgIpc) is 3.32. The number of rotatable bonds is 6. The number of benzene rings is 2. The summed E-state index contributed by atoms with van der Waals surface area (Å²) in [5.41, 5.74) is 3.88. The third-order valence-electron chi connectivity index (χ3n) is 6.07. The maximum atomic E-state index is 12.7. The van der Waals surface area contributed by atoms with Crippen LogP contribution in [0.4, 0.5) is 10.6 Å². The fourth-order valence-electron chi connectivity index (χ4n) is 4.33. The second-order valence-corrected chi connectivity index (χ2v) is 9.60. The van der Waals surface area contributed by atoms with Gasteiger partial charge in [-0.2, -0.15) is 5.10 Å². The van der Waals surface area contributed by atoms with Crippen LogP contribution in [0, 0.1) is 5.41 Å². The van der Waals surface area contributed by atoms with E-state index in [1.54, 1.807) is 20.8 Å². The number of aryl methyl sites for hydroxylation is 1. The Morgan fingerprint density at radius 2 is 1.63 bits per heavy atom. The number of fused-ring (bicyclic) bond motifs is 3. The summed E-state index contributed by atoms with van der Waals surface area (Å²) >= 11 is 0. The molecule has 0 radical (unpaired) electrons. The van der Waals surface area contributed by atoms with Gasteiger partial charge in [0.25, 0.3) is 5.91 Å². The number of nitrogens with one attached hydrogen (secondary N) is 2. The van der Waals surface area contributed by atoms with E-state index < -0.39 is 29.4 Å². The van der Waals surface area contributed by atoms with E-state index in [2.05, 4.69) is 27.9 Å². The molecule has 1 aliphatic rings. The van der Waals surface area contributed by atoms with Crippen molar-refractivity contribution in [3.8, 4) is 11.1 Å². The van der Waals surface area contributed by atoms with Crippen molar-refractivity contribution in [1.82, 2.24) is 15.1 Å². The molecule has 3 N–H and O–H groups in total. The van der Waals surface area contributed by atoms with Gasteiger partial charge in [0.15, 0.2) is 5.82 Å². The lowest BCUT2D eigenvalue weighted by atomic mass is 9.86. The fraction of sp³-hybridized carbons (Fsp3) is 0.308. The first-order chi connectivity index (χ1) is 16.6. The maximum absolute atomic E-state index is 12.7. The predicted octanol–water partition coefficient (Wildman–Crippen LogP) is 4.01. The molecule has 35 heavy (non-hydrogen) atoms. The Kier molecular flexibility index (Phi) is 6.34. The highest BCUT2D eigenvalue weighted by molar-refractivity contribution is 5.96. The van der Waals surface area contributed by atoms with Gasteiger partial charge in [-0.15, -0.1) is 0 Å². The molecule has 0 aliphatic heterocycles. The van der Waals surface area contributed by atoms with Gasteiger partial charge in [0.05, 0.1) is 0 Å². The summed E-state index contributed by atoms with van der Waals surface area (Å²) in [5, 5.41) is 18.7. The van der Waals surface area contributed by atoms with Crippen molar-refractivity contribution in [2.75, 3.05) is 11.9 Å². The minimum atomic E-state index is -1.13. The second kappa shape index (κ2) is 9.25. The third-order valence-corrected chi connectivity index (χ3v) is 6.07. The number of aromatic nitrogens is 2. The van der Waals surface area contributed by atoms with E-state index in [9.17, 15) is 19.5 Å². The number of aliphatic carboxylic acids is 1. The molecule has 0 saturated heterocycles. The first-order valence-electron chi connectivity index (χ1n) is 11.3. The van der Waals surface area contributed by atoms with Gasteiger partial charge in [-0.05, 0) is 27.7 Å². The van der Waals surface area contributed by atoms with Gasteiger partial charge in [0.1, 0.15) is 18.3 Å². The van der Waals surface area contributed by atoms with E-state index in [1.807, 2.05) is 36.4 Å². The fourth-order valence-corrected chi connectivity index (χ4v) is 4.33. The number of nitrogens with zero attached hydrogens (tertiary/aromatic N) is 2. The number of carboxylic acids is 1. The maximum Gasteiger partial charge on any atom is 0.412 e. The number of anilines is 1. The molecule has 1 heterocycles. The van der Waals surface area contributed by atoms with Gasteiger partial charge < -0.3 is 15.2 Å². The summed E-state index contributed by atoms with van der Waals surface area (Å²) in [6, 6.07) is 16.4. The van der Waals surface area contributed by atoms with Crippen LogP contribution in [0.3, 0.4) is 0 Å². The molecule has 0 spiro atoms. The Hall–Kier alpha value is -4.14. The topological polar surface area (TPSA) is 123 Å². The molecular formula is C26H28N4O5. The van der Waals surface area contributed by atoms with Gasteiger partial charge in [-0.1, -0.05) is 69.3 Å². The zero-order chi connectivity index (χ0) is 25.3. The standard InChI is InChI=1S/C26H28N4O5/c1-26(2,3)22(24(32)33)28-23(31)20-13-21(29-30(20)4)27-25(34)35-14-19-17-11-7-5-9-15(17)16-10-6-8-12-18(16)19/h5-13,19,22H,14H2,1-4H3,(H,28,31)(H,32,33)(H,27,29,34)/t22-/m1/s1. The normalized spacial score (nSPS) is 13.5. The van der Waals surface area contributed by atoms with Crippen LogP contribution in [0.15, 0.2) is 54.6 Å². The highest BCUT2D eigenvalue weighted by atomic mass is 16.5. The summed E-state index contributed by atoms with van der Waals surface area (Å²) in [7, 11) is 1.53. The van der Waals surface area contributed by atoms with Crippen LogP contribution in [0.25, 0.3) is 11.1 Å². The zero-order valence-electron chi connectivity index (χ0n) is 20.0. The molecule has 1 aromatic heterocycles. The molecule has 9 heteroatoms. The molecule has 2 aromatic carbocycles. The highest BCUT2D eigenvalue weighted by Crippen LogP contribution is 2.44. The lowest BCUT2D eigenvalue weighted by Crippen LogP contribution is -2.49. The first kappa shape index (κ1) is 24.0. The van der Waals surface area contributed by atoms with Crippen LogP contribution >= 0.6 is 0 Å². The van der Waals surface area contributed by atoms with Crippen LogP contribution in [0.5, 0.6) is 0 Å². The van der Waals surface area contributed by atoms with Gasteiger partial charge in [-0.25, -0.2) is 9.59 Å². The van der Waals surface area contributed by atoms with Gasteiger partial charge in [0.2, 0.25) is 0 Å². The third kappa shape index (κ3) is 4.89. The van der Waals surface area contributed by atoms with E-state index >= 15 is 0 Å². The molecule has 0 unspecified atom stereocenters. The van der Waals surface area contributed by atoms with Crippen molar-refractivity contribution in [3.05, 3.63) is 71.4 Å². The zero-order valence-corrected chi connectivity index (χ0v) is 20.0. The van der Waals surface area contributed by atoms with Crippen molar-refractivity contribution in [1.29, 1.82) is 0 Å². The van der Waals surface area contributed by atoms with Crippen molar-refractivity contribution < 1.29 is 24.2 Å². The molecule has 182 valence electrons. The second-order valence-electron chi connectivity index (χ2n) is 9.60. The number of carbonyl (C=O) groups excluding carboxylic acids is 2. The largest absolute Gasteiger partial charge is 0.480 e. The van der Waals surface area contributed by atoms with E-state index in [1.165, 1.54) is 17.8 Å². The minimum absolute atomic E-state index is 0.0800. The van der Waals surface area contributed by atoms with Gasteiger partial charge >= 0.3 is 12.1 Å². The van der Waals surface area contributed by atoms with E-state index in [4.69, 9.17) is 4.74 Å². The van der Waals surface area contributed by atoms with Crippen molar-refractivity contribution >= 4 is 23.8 Å². The molecule has 0 saturated carbocycles. The molecule has 1 atom stereocenters. The minimum Gasteiger partial charge on any atom is -0.480 e. The van der Waals surface area contributed by atoms with Crippen LogP contribution < -0.4 is 10.6 Å². The van der Waals surface area contributed by atoms with E-state index in [0.29, 0.717) is 0 Å². The lowest BCUT2D eigenvalue weighted by Gasteiger charge is -2.27. The van der Waals surface area contributed by atoms with Crippen LogP contribution in [0.1, 0.15) is 48.3 Å². The van der Waals surface area contributed by atoms with Gasteiger partial charge in [-0.3, -0.25) is 14.8 Å². The molecule has 0 fully saturated rings.